The molecule has 0 fully saturated rings. The molecular weight excluding hydrogens is 554 g/mol. The molecule has 222 valence electrons. The Kier molecular flexibility index (Phi) is 14.0. The molecule has 0 aliphatic rings. The van der Waals surface area contributed by atoms with Crippen LogP contribution in [-0.4, -0.2) is 86.9 Å². The van der Waals surface area contributed by atoms with E-state index in [4.69, 9.17) is 29.3 Å². The van der Waals surface area contributed by atoms with Crippen molar-refractivity contribution >= 4 is 32.9 Å². The van der Waals surface area contributed by atoms with Gasteiger partial charge in [-0.1, -0.05) is 0 Å². The van der Waals surface area contributed by atoms with Crippen molar-refractivity contribution in [2.24, 2.45) is 20.5 Å². The third-order valence-corrected chi connectivity index (χ3v) is 6.37. The van der Waals surface area contributed by atoms with E-state index in [2.05, 4.69) is 20.5 Å². The third-order valence-electron chi connectivity index (χ3n) is 5.50. The SMILES string of the molecule is COc1ccc(N=Nc2cc(C)c(N=Nc3ccc(S(=O)(=O)O)cc3)cc2OC)cc1.OCCN(CCO)CCO. The number of methoxy groups -OCH3 is 2. The lowest BCUT2D eigenvalue weighted by Gasteiger charge is -2.17. The van der Waals surface area contributed by atoms with Crippen LogP contribution in [0, 0.1) is 6.92 Å². The number of benzene rings is 3. The first-order valence-corrected chi connectivity index (χ1v) is 13.9. The molecule has 0 heterocycles. The molecule has 0 radical (unpaired) electrons. The molecule has 0 aliphatic heterocycles. The maximum absolute atomic E-state index is 11.1. The van der Waals surface area contributed by atoms with Crippen LogP contribution in [0.25, 0.3) is 0 Å². The summed E-state index contributed by atoms with van der Waals surface area (Å²) in [5.74, 6) is 1.20. The number of nitrogens with zero attached hydrogens (tertiary/aromatic N) is 5. The summed E-state index contributed by atoms with van der Waals surface area (Å²) in [6, 6.07) is 16.0. The smallest absolute Gasteiger partial charge is 0.294 e. The molecule has 0 aromatic heterocycles. The highest BCUT2D eigenvalue weighted by atomic mass is 32.2. The second-order valence-corrected chi connectivity index (χ2v) is 9.81. The predicted octanol–water partition coefficient (Wildman–Crippen LogP) is 4.36. The number of ether oxygens (including phenoxy) is 2. The Labute approximate surface area is 239 Å². The van der Waals surface area contributed by atoms with E-state index in [1.54, 1.807) is 48.4 Å². The Bertz CT molecular complexity index is 1370. The maximum Gasteiger partial charge on any atom is 0.294 e. The van der Waals surface area contributed by atoms with Gasteiger partial charge < -0.3 is 24.8 Å². The molecule has 3 aromatic rings. The van der Waals surface area contributed by atoms with Gasteiger partial charge >= 0.3 is 0 Å². The van der Waals surface area contributed by atoms with Crippen LogP contribution in [0.1, 0.15) is 5.56 Å². The lowest BCUT2D eigenvalue weighted by molar-refractivity contribution is 0.136. The maximum atomic E-state index is 11.1. The monoisotopic (exact) mass is 589 g/mol. The van der Waals surface area contributed by atoms with Crippen LogP contribution in [0.2, 0.25) is 0 Å². The van der Waals surface area contributed by atoms with Crippen LogP contribution in [-0.2, 0) is 10.1 Å². The van der Waals surface area contributed by atoms with E-state index >= 15 is 0 Å². The second-order valence-electron chi connectivity index (χ2n) is 8.39. The summed E-state index contributed by atoms with van der Waals surface area (Å²) < 4.78 is 41.8. The minimum Gasteiger partial charge on any atom is -0.497 e. The van der Waals surface area contributed by atoms with Crippen molar-refractivity contribution in [3.05, 3.63) is 66.2 Å². The van der Waals surface area contributed by atoms with Crippen LogP contribution >= 0.6 is 0 Å². The fourth-order valence-corrected chi connectivity index (χ4v) is 3.81. The average Bonchev–Trinajstić information content (AvgIpc) is 2.96. The predicted molar refractivity (Wildman–Crippen MR) is 153 cm³/mol. The Morgan fingerprint density at radius 1 is 0.707 bits per heavy atom. The van der Waals surface area contributed by atoms with E-state index in [1.165, 1.54) is 31.4 Å². The van der Waals surface area contributed by atoms with Crippen molar-refractivity contribution in [1.82, 2.24) is 4.90 Å². The number of azo groups is 2. The standard InChI is InChI=1S/C21H20N4O5S.C6H15NO3/c1-14-12-20(25-23-15-4-8-17(29-2)9-5-15)21(30-3)13-19(14)24-22-16-6-10-18(11-7-16)31(26,27)28;8-4-1-7(2-5-9)3-6-10/h4-13H,1-3H3,(H,26,27,28);8-10H,1-6H2. The van der Waals surface area contributed by atoms with Crippen LogP contribution in [0.5, 0.6) is 11.5 Å². The van der Waals surface area contributed by atoms with Crippen molar-refractivity contribution in [2.45, 2.75) is 11.8 Å². The molecule has 0 aliphatic carbocycles. The number of rotatable bonds is 13. The molecule has 13 nitrogen and oxygen atoms in total. The molecule has 14 heteroatoms. The fraction of sp³-hybridized carbons (Fsp3) is 0.333. The van der Waals surface area contributed by atoms with Gasteiger partial charge in [0.05, 0.1) is 56.0 Å². The molecule has 3 rings (SSSR count). The van der Waals surface area contributed by atoms with Crippen molar-refractivity contribution in [1.29, 1.82) is 0 Å². The zero-order valence-corrected chi connectivity index (χ0v) is 23.9. The van der Waals surface area contributed by atoms with Gasteiger partial charge in [-0.2, -0.15) is 23.8 Å². The summed E-state index contributed by atoms with van der Waals surface area (Å²) in [5, 5.41) is 42.2. The van der Waals surface area contributed by atoms with E-state index < -0.39 is 10.1 Å². The van der Waals surface area contributed by atoms with Crippen molar-refractivity contribution in [2.75, 3.05) is 53.7 Å². The summed E-state index contributed by atoms with van der Waals surface area (Å²) in [5.41, 5.74) is 2.97. The number of hydrogen-bond donors (Lipinski definition) is 4. The molecule has 0 amide bonds. The Hall–Kier alpha value is -3.79. The van der Waals surface area contributed by atoms with Gasteiger partial charge in [0.2, 0.25) is 0 Å². The second kappa shape index (κ2) is 17.1. The lowest BCUT2D eigenvalue weighted by Crippen LogP contribution is -2.32. The Balaban J connectivity index is 0.000000503. The Morgan fingerprint density at radius 3 is 1.63 bits per heavy atom. The first kappa shape index (κ1) is 33.4. The highest BCUT2D eigenvalue weighted by Crippen LogP contribution is 2.36. The van der Waals surface area contributed by atoms with Gasteiger partial charge in [-0.3, -0.25) is 9.45 Å². The highest BCUT2D eigenvalue weighted by Gasteiger charge is 2.10. The number of aliphatic hydroxyl groups excluding tert-OH is 3. The summed E-state index contributed by atoms with van der Waals surface area (Å²) >= 11 is 0. The van der Waals surface area contributed by atoms with Gasteiger partial charge in [-0.25, -0.2) is 0 Å². The average molecular weight is 590 g/mol. The normalized spacial score (nSPS) is 11.6. The zero-order chi connectivity index (χ0) is 30.3. The molecule has 0 bridgehead atoms. The van der Waals surface area contributed by atoms with E-state index in [0.29, 0.717) is 48.1 Å². The zero-order valence-electron chi connectivity index (χ0n) is 23.1. The number of hydrogen-bond acceptors (Lipinski definition) is 12. The first-order valence-electron chi connectivity index (χ1n) is 12.4. The summed E-state index contributed by atoms with van der Waals surface area (Å²) in [6.45, 7) is 3.60. The van der Waals surface area contributed by atoms with E-state index in [1.807, 2.05) is 6.92 Å². The van der Waals surface area contributed by atoms with Crippen molar-refractivity contribution < 1.29 is 37.8 Å². The lowest BCUT2D eigenvalue weighted by atomic mass is 10.1. The van der Waals surface area contributed by atoms with Gasteiger partial charge in [-0.15, -0.1) is 5.11 Å². The van der Waals surface area contributed by atoms with Crippen LogP contribution in [0.3, 0.4) is 0 Å². The molecule has 0 saturated heterocycles. The molecule has 0 atom stereocenters. The minimum absolute atomic E-state index is 0.0694. The van der Waals surface area contributed by atoms with Gasteiger partial charge in [0, 0.05) is 25.7 Å². The quantitative estimate of drug-likeness (QED) is 0.166. The van der Waals surface area contributed by atoms with Crippen LogP contribution in [0.4, 0.5) is 22.7 Å². The molecule has 3 aromatic carbocycles. The molecule has 0 unspecified atom stereocenters. The fourth-order valence-electron chi connectivity index (χ4n) is 3.33. The van der Waals surface area contributed by atoms with Crippen LogP contribution in [0.15, 0.2) is 86.0 Å². The number of aryl methyl sites for hydroxylation is 1. The summed E-state index contributed by atoms with van der Waals surface area (Å²) in [6.07, 6.45) is 0. The van der Waals surface area contributed by atoms with Gasteiger partial charge in [-0.05, 0) is 67.1 Å². The first-order chi connectivity index (χ1) is 19.6. The van der Waals surface area contributed by atoms with Gasteiger partial charge in [0.1, 0.15) is 17.2 Å². The van der Waals surface area contributed by atoms with Crippen LogP contribution < -0.4 is 9.47 Å². The molecule has 0 spiro atoms. The Morgan fingerprint density at radius 2 is 1.20 bits per heavy atom. The van der Waals surface area contributed by atoms with Gasteiger partial charge in [0.25, 0.3) is 10.1 Å². The van der Waals surface area contributed by atoms with Gasteiger partial charge in [0.15, 0.2) is 0 Å². The molecular formula is C27H35N5O8S. The minimum atomic E-state index is -4.25. The summed E-state index contributed by atoms with van der Waals surface area (Å²) in [4.78, 5) is 1.58. The van der Waals surface area contributed by atoms with Crippen molar-refractivity contribution in [3.8, 4) is 11.5 Å². The molecule has 0 saturated carbocycles. The van der Waals surface area contributed by atoms with Crippen molar-refractivity contribution in [3.63, 3.8) is 0 Å². The largest absolute Gasteiger partial charge is 0.497 e. The molecule has 41 heavy (non-hydrogen) atoms. The number of aliphatic hydroxyl groups is 3. The topological polar surface area (TPSA) is 186 Å². The van der Waals surface area contributed by atoms with E-state index in [-0.39, 0.29) is 24.7 Å². The van der Waals surface area contributed by atoms with E-state index in [9.17, 15) is 8.42 Å². The highest BCUT2D eigenvalue weighted by molar-refractivity contribution is 7.85. The van der Waals surface area contributed by atoms with E-state index in [0.717, 1.165) is 11.3 Å². The third kappa shape index (κ3) is 11.3. The summed E-state index contributed by atoms with van der Waals surface area (Å²) in [7, 11) is -1.14. The molecule has 4 N–H and O–H groups in total.